The fourth-order valence-corrected chi connectivity index (χ4v) is 4.01. The highest BCUT2D eigenvalue weighted by Gasteiger charge is 2.25. The lowest BCUT2D eigenvalue weighted by Gasteiger charge is -2.28. The van der Waals surface area contributed by atoms with Gasteiger partial charge in [-0.05, 0) is 37.0 Å². The van der Waals surface area contributed by atoms with Crippen molar-refractivity contribution in [3.05, 3.63) is 35.6 Å². The molecule has 1 heterocycles. The molecule has 1 N–H and O–H groups in total. The van der Waals surface area contributed by atoms with E-state index in [2.05, 4.69) is 5.32 Å². The highest BCUT2D eigenvalue weighted by atomic mass is 32.2. The lowest BCUT2D eigenvalue weighted by Crippen LogP contribution is -2.39. The predicted molar refractivity (Wildman–Crippen MR) is 74.2 cm³/mol. The van der Waals surface area contributed by atoms with E-state index >= 15 is 0 Å². The van der Waals surface area contributed by atoms with Gasteiger partial charge in [0, 0.05) is 12.1 Å². The maximum absolute atomic E-state index is 13.2. The van der Waals surface area contributed by atoms with Gasteiger partial charge in [-0.15, -0.1) is 0 Å². The molecule has 1 aliphatic rings. The standard InChI is InChI=1S/C14H20FNO2S/c1-2-14(11-4-3-5-12(15)10-11)16-13-6-8-19(17,18)9-7-13/h3-5,10,13-14,16H,2,6-9H2,1H3. The average molecular weight is 285 g/mol. The van der Waals surface area contributed by atoms with E-state index in [1.54, 1.807) is 12.1 Å². The lowest BCUT2D eigenvalue weighted by atomic mass is 10.0. The summed E-state index contributed by atoms with van der Waals surface area (Å²) >= 11 is 0. The van der Waals surface area contributed by atoms with Crippen LogP contribution in [0.5, 0.6) is 0 Å². The van der Waals surface area contributed by atoms with Crippen LogP contribution in [0, 0.1) is 5.82 Å². The summed E-state index contributed by atoms with van der Waals surface area (Å²) in [4.78, 5) is 0. The predicted octanol–water partition coefficient (Wildman–Crippen LogP) is 2.44. The number of hydrogen-bond acceptors (Lipinski definition) is 3. The van der Waals surface area contributed by atoms with Crippen LogP contribution in [0.4, 0.5) is 4.39 Å². The fourth-order valence-electron chi connectivity index (χ4n) is 2.51. The molecule has 0 spiro atoms. The zero-order chi connectivity index (χ0) is 13.9. The second kappa shape index (κ2) is 6.01. The van der Waals surface area contributed by atoms with Crippen molar-refractivity contribution in [1.29, 1.82) is 0 Å². The molecule has 0 saturated carbocycles. The number of nitrogens with one attached hydrogen (secondary N) is 1. The number of rotatable bonds is 4. The van der Waals surface area contributed by atoms with Gasteiger partial charge in [-0.25, -0.2) is 12.8 Å². The highest BCUT2D eigenvalue weighted by molar-refractivity contribution is 7.91. The SMILES string of the molecule is CCC(NC1CCS(=O)(=O)CC1)c1cccc(F)c1. The normalized spacial score (nSPS) is 21.2. The Morgan fingerprint density at radius 2 is 2.05 bits per heavy atom. The van der Waals surface area contributed by atoms with E-state index in [1.807, 2.05) is 13.0 Å². The quantitative estimate of drug-likeness (QED) is 0.924. The van der Waals surface area contributed by atoms with Crippen LogP contribution in [-0.2, 0) is 9.84 Å². The molecule has 1 aliphatic heterocycles. The minimum absolute atomic E-state index is 0.0847. The summed E-state index contributed by atoms with van der Waals surface area (Å²) in [5.74, 6) is 0.276. The van der Waals surface area contributed by atoms with Crippen molar-refractivity contribution in [2.45, 2.75) is 38.3 Å². The summed E-state index contributed by atoms with van der Waals surface area (Å²) in [5.41, 5.74) is 0.927. The number of benzene rings is 1. The summed E-state index contributed by atoms with van der Waals surface area (Å²) < 4.78 is 36.0. The van der Waals surface area contributed by atoms with Crippen molar-refractivity contribution in [3.8, 4) is 0 Å². The molecule has 5 heteroatoms. The van der Waals surface area contributed by atoms with Gasteiger partial charge in [-0.3, -0.25) is 0 Å². The van der Waals surface area contributed by atoms with Gasteiger partial charge >= 0.3 is 0 Å². The number of halogens is 1. The summed E-state index contributed by atoms with van der Waals surface area (Å²) in [6, 6.07) is 6.88. The molecule has 1 saturated heterocycles. The Labute approximate surface area is 114 Å². The molecule has 0 aromatic heterocycles. The van der Waals surface area contributed by atoms with E-state index in [-0.39, 0.29) is 29.4 Å². The highest BCUT2D eigenvalue weighted by Crippen LogP contribution is 2.21. The van der Waals surface area contributed by atoms with Crippen LogP contribution in [0.3, 0.4) is 0 Å². The van der Waals surface area contributed by atoms with Crippen LogP contribution in [0.2, 0.25) is 0 Å². The maximum Gasteiger partial charge on any atom is 0.150 e. The zero-order valence-corrected chi connectivity index (χ0v) is 11.9. The zero-order valence-electron chi connectivity index (χ0n) is 11.1. The van der Waals surface area contributed by atoms with Crippen molar-refractivity contribution >= 4 is 9.84 Å². The number of sulfone groups is 1. The first-order valence-corrected chi connectivity index (χ1v) is 8.54. The lowest BCUT2D eigenvalue weighted by molar-refractivity contribution is 0.397. The van der Waals surface area contributed by atoms with E-state index in [9.17, 15) is 12.8 Å². The molecule has 0 amide bonds. The van der Waals surface area contributed by atoms with Crippen LogP contribution < -0.4 is 5.32 Å². The van der Waals surface area contributed by atoms with Crippen molar-refractivity contribution in [3.63, 3.8) is 0 Å². The Morgan fingerprint density at radius 1 is 1.37 bits per heavy atom. The smallest absolute Gasteiger partial charge is 0.150 e. The molecule has 1 unspecified atom stereocenters. The maximum atomic E-state index is 13.2. The van der Waals surface area contributed by atoms with Crippen LogP contribution in [0.15, 0.2) is 24.3 Å². The van der Waals surface area contributed by atoms with E-state index < -0.39 is 9.84 Å². The van der Waals surface area contributed by atoms with Crippen LogP contribution in [0.1, 0.15) is 37.8 Å². The molecule has 0 radical (unpaired) electrons. The third kappa shape index (κ3) is 4.01. The molecule has 1 atom stereocenters. The van der Waals surface area contributed by atoms with Gasteiger partial charge in [0.1, 0.15) is 15.7 Å². The summed E-state index contributed by atoms with van der Waals surface area (Å²) in [6.07, 6.45) is 2.15. The topological polar surface area (TPSA) is 46.2 Å². The Hall–Kier alpha value is -0.940. The Bertz CT molecular complexity index is 516. The third-order valence-corrected chi connectivity index (χ3v) is 5.37. The van der Waals surface area contributed by atoms with Gasteiger partial charge in [0.2, 0.25) is 0 Å². The van der Waals surface area contributed by atoms with Gasteiger partial charge in [0.05, 0.1) is 11.5 Å². The molecular formula is C14H20FNO2S. The largest absolute Gasteiger partial charge is 0.307 e. The second-order valence-electron chi connectivity index (χ2n) is 5.11. The van der Waals surface area contributed by atoms with Gasteiger partial charge in [0.15, 0.2) is 0 Å². The molecule has 0 aliphatic carbocycles. The minimum atomic E-state index is -2.83. The molecule has 0 bridgehead atoms. The average Bonchev–Trinajstić information content (AvgIpc) is 2.37. The minimum Gasteiger partial charge on any atom is -0.307 e. The van der Waals surface area contributed by atoms with Gasteiger partial charge in [0.25, 0.3) is 0 Å². The van der Waals surface area contributed by atoms with Crippen molar-refractivity contribution in [1.82, 2.24) is 5.32 Å². The van der Waals surface area contributed by atoms with Crippen molar-refractivity contribution < 1.29 is 12.8 Å². The summed E-state index contributed by atoms with van der Waals surface area (Å²) in [6.45, 7) is 2.04. The Morgan fingerprint density at radius 3 is 2.63 bits per heavy atom. The molecule has 1 aromatic rings. The molecular weight excluding hydrogens is 265 g/mol. The van der Waals surface area contributed by atoms with Crippen molar-refractivity contribution in [2.24, 2.45) is 0 Å². The van der Waals surface area contributed by atoms with Crippen molar-refractivity contribution in [2.75, 3.05) is 11.5 Å². The third-order valence-electron chi connectivity index (χ3n) is 3.65. The second-order valence-corrected chi connectivity index (χ2v) is 7.41. The molecule has 1 aromatic carbocycles. The van der Waals surface area contributed by atoms with E-state index in [1.165, 1.54) is 6.07 Å². The van der Waals surface area contributed by atoms with Gasteiger partial charge in [-0.1, -0.05) is 19.1 Å². The first-order valence-electron chi connectivity index (χ1n) is 6.72. The van der Waals surface area contributed by atoms with E-state index in [4.69, 9.17) is 0 Å². The van der Waals surface area contributed by atoms with E-state index in [0.717, 1.165) is 12.0 Å². The number of hydrogen-bond donors (Lipinski definition) is 1. The monoisotopic (exact) mass is 285 g/mol. The summed E-state index contributed by atoms with van der Waals surface area (Å²) in [7, 11) is -2.83. The molecule has 2 rings (SSSR count). The molecule has 3 nitrogen and oxygen atoms in total. The fraction of sp³-hybridized carbons (Fsp3) is 0.571. The first-order chi connectivity index (χ1) is 9.00. The molecule has 19 heavy (non-hydrogen) atoms. The van der Waals surface area contributed by atoms with Crippen LogP contribution in [-0.4, -0.2) is 26.0 Å². The molecule has 1 fully saturated rings. The first kappa shape index (κ1) is 14.5. The Kier molecular flexibility index (Phi) is 4.58. The van der Waals surface area contributed by atoms with E-state index in [0.29, 0.717) is 12.8 Å². The van der Waals surface area contributed by atoms with Crippen LogP contribution >= 0.6 is 0 Å². The van der Waals surface area contributed by atoms with Crippen LogP contribution in [0.25, 0.3) is 0 Å². The summed E-state index contributed by atoms with van der Waals surface area (Å²) in [5, 5.41) is 3.46. The van der Waals surface area contributed by atoms with Gasteiger partial charge < -0.3 is 5.32 Å². The van der Waals surface area contributed by atoms with Gasteiger partial charge in [-0.2, -0.15) is 0 Å². The Balaban J connectivity index is 2.00. The molecule has 106 valence electrons.